The SMILES string of the molecule is CCCC(O)CNc1nc(NCC)ncc1Br. The maximum Gasteiger partial charge on any atom is 0.224 e. The van der Waals surface area contributed by atoms with E-state index in [1.54, 1.807) is 6.20 Å². The molecule has 1 atom stereocenters. The van der Waals surface area contributed by atoms with Crippen molar-refractivity contribution in [1.29, 1.82) is 0 Å². The van der Waals surface area contributed by atoms with Crippen molar-refractivity contribution in [3.63, 3.8) is 0 Å². The fourth-order valence-corrected chi connectivity index (χ4v) is 1.72. The molecule has 17 heavy (non-hydrogen) atoms. The Morgan fingerprint density at radius 1 is 1.41 bits per heavy atom. The predicted molar refractivity (Wildman–Crippen MR) is 73.3 cm³/mol. The second-order valence-electron chi connectivity index (χ2n) is 3.74. The van der Waals surface area contributed by atoms with E-state index in [1.807, 2.05) is 13.8 Å². The first-order valence-electron chi connectivity index (χ1n) is 5.85. The number of aromatic nitrogens is 2. The number of halogens is 1. The van der Waals surface area contributed by atoms with Gasteiger partial charge in [-0.3, -0.25) is 0 Å². The van der Waals surface area contributed by atoms with E-state index in [-0.39, 0.29) is 6.10 Å². The molecule has 3 N–H and O–H groups in total. The molecule has 1 aromatic rings. The first-order valence-corrected chi connectivity index (χ1v) is 6.65. The molecule has 1 heterocycles. The number of hydrogen-bond donors (Lipinski definition) is 3. The number of aliphatic hydroxyl groups is 1. The first-order chi connectivity index (χ1) is 8.17. The number of aliphatic hydroxyl groups excluding tert-OH is 1. The zero-order valence-electron chi connectivity index (χ0n) is 10.2. The molecular weight excluding hydrogens is 284 g/mol. The largest absolute Gasteiger partial charge is 0.391 e. The van der Waals surface area contributed by atoms with Crippen LogP contribution in [0.4, 0.5) is 11.8 Å². The molecule has 0 radical (unpaired) electrons. The van der Waals surface area contributed by atoms with Crippen molar-refractivity contribution in [3.05, 3.63) is 10.7 Å². The minimum atomic E-state index is -0.343. The Hall–Kier alpha value is -0.880. The molecule has 0 bridgehead atoms. The summed E-state index contributed by atoms with van der Waals surface area (Å²) in [6, 6.07) is 0. The van der Waals surface area contributed by atoms with Crippen LogP contribution in [0.1, 0.15) is 26.7 Å². The van der Waals surface area contributed by atoms with Crippen LogP contribution in [-0.2, 0) is 0 Å². The maximum absolute atomic E-state index is 9.64. The van der Waals surface area contributed by atoms with E-state index in [4.69, 9.17) is 0 Å². The van der Waals surface area contributed by atoms with Crippen molar-refractivity contribution < 1.29 is 5.11 Å². The topological polar surface area (TPSA) is 70.1 Å². The lowest BCUT2D eigenvalue weighted by Crippen LogP contribution is -2.20. The molecule has 96 valence electrons. The van der Waals surface area contributed by atoms with Gasteiger partial charge in [0, 0.05) is 19.3 Å². The monoisotopic (exact) mass is 302 g/mol. The molecule has 6 heteroatoms. The molecule has 1 unspecified atom stereocenters. The minimum absolute atomic E-state index is 0.343. The lowest BCUT2D eigenvalue weighted by atomic mass is 10.2. The Morgan fingerprint density at radius 3 is 2.82 bits per heavy atom. The van der Waals surface area contributed by atoms with Crippen molar-refractivity contribution >= 4 is 27.7 Å². The third-order valence-electron chi connectivity index (χ3n) is 2.21. The Balaban J connectivity index is 2.59. The Morgan fingerprint density at radius 2 is 2.18 bits per heavy atom. The summed E-state index contributed by atoms with van der Waals surface area (Å²) in [5, 5.41) is 15.8. The molecule has 0 saturated carbocycles. The zero-order valence-corrected chi connectivity index (χ0v) is 11.8. The third kappa shape index (κ3) is 4.87. The van der Waals surface area contributed by atoms with Gasteiger partial charge in [-0.25, -0.2) is 4.98 Å². The van der Waals surface area contributed by atoms with E-state index in [2.05, 4.69) is 36.5 Å². The van der Waals surface area contributed by atoms with Gasteiger partial charge >= 0.3 is 0 Å². The van der Waals surface area contributed by atoms with Gasteiger partial charge in [-0.1, -0.05) is 13.3 Å². The molecule has 0 amide bonds. The summed E-state index contributed by atoms with van der Waals surface area (Å²) in [5.41, 5.74) is 0. The molecule has 0 aliphatic carbocycles. The molecule has 0 saturated heterocycles. The number of nitrogens with one attached hydrogen (secondary N) is 2. The van der Waals surface area contributed by atoms with Crippen LogP contribution < -0.4 is 10.6 Å². The van der Waals surface area contributed by atoms with Crippen LogP contribution in [0.5, 0.6) is 0 Å². The molecule has 5 nitrogen and oxygen atoms in total. The van der Waals surface area contributed by atoms with Gasteiger partial charge in [-0.15, -0.1) is 0 Å². The van der Waals surface area contributed by atoms with Gasteiger partial charge in [0.2, 0.25) is 5.95 Å². The summed E-state index contributed by atoms with van der Waals surface area (Å²) in [6.07, 6.45) is 3.11. The van der Waals surface area contributed by atoms with Crippen LogP contribution >= 0.6 is 15.9 Å². The van der Waals surface area contributed by atoms with Crippen molar-refractivity contribution in [1.82, 2.24) is 9.97 Å². The van der Waals surface area contributed by atoms with Gasteiger partial charge in [0.05, 0.1) is 10.6 Å². The van der Waals surface area contributed by atoms with E-state index in [0.717, 1.165) is 23.9 Å². The molecular formula is C11H19BrN4O. The van der Waals surface area contributed by atoms with E-state index < -0.39 is 0 Å². The van der Waals surface area contributed by atoms with Gasteiger partial charge < -0.3 is 15.7 Å². The number of nitrogens with zero attached hydrogens (tertiary/aromatic N) is 2. The lowest BCUT2D eigenvalue weighted by molar-refractivity contribution is 0.176. The van der Waals surface area contributed by atoms with E-state index in [9.17, 15) is 5.11 Å². The smallest absolute Gasteiger partial charge is 0.224 e. The van der Waals surface area contributed by atoms with Crippen molar-refractivity contribution in [2.75, 3.05) is 23.7 Å². The summed E-state index contributed by atoms with van der Waals surface area (Å²) in [4.78, 5) is 8.42. The first kappa shape index (κ1) is 14.2. The molecule has 0 aliphatic rings. The van der Waals surface area contributed by atoms with Gasteiger partial charge in [-0.2, -0.15) is 4.98 Å². The number of anilines is 2. The summed E-state index contributed by atoms with van der Waals surface area (Å²) < 4.78 is 0.794. The van der Waals surface area contributed by atoms with Gasteiger partial charge in [-0.05, 0) is 29.3 Å². The zero-order chi connectivity index (χ0) is 12.7. The maximum atomic E-state index is 9.64. The van der Waals surface area contributed by atoms with Crippen LogP contribution in [-0.4, -0.2) is 34.3 Å². The van der Waals surface area contributed by atoms with Crippen LogP contribution in [0.25, 0.3) is 0 Å². The van der Waals surface area contributed by atoms with E-state index >= 15 is 0 Å². The van der Waals surface area contributed by atoms with Crippen LogP contribution in [0.15, 0.2) is 10.7 Å². The molecule has 0 spiro atoms. The third-order valence-corrected chi connectivity index (χ3v) is 2.79. The predicted octanol–water partition coefficient (Wildman–Crippen LogP) is 2.24. The molecule has 0 fully saturated rings. The van der Waals surface area contributed by atoms with Crippen molar-refractivity contribution in [2.45, 2.75) is 32.8 Å². The van der Waals surface area contributed by atoms with Crippen molar-refractivity contribution in [2.24, 2.45) is 0 Å². The second kappa shape index (κ2) is 7.45. The summed E-state index contributed by atoms with van der Waals surface area (Å²) in [6.45, 7) is 5.31. The summed E-state index contributed by atoms with van der Waals surface area (Å²) >= 11 is 3.37. The quantitative estimate of drug-likeness (QED) is 0.721. The second-order valence-corrected chi connectivity index (χ2v) is 4.60. The summed E-state index contributed by atoms with van der Waals surface area (Å²) in [5.74, 6) is 1.29. The van der Waals surface area contributed by atoms with E-state index in [1.165, 1.54) is 0 Å². The fraction of sp³-hybridized carbons (Fsp3) is 0.636. The minimum Gasteiger partial charge on any atom is -0.391 e. The summed E-state index contributed by atoms with van der Waals surface area (Å²) in [7, 11) is 0. The van der Waals surface area contributed by atoms with Crippen LogP contribution in [0.2, 0.25) is 0 Å². The van der Waals surface area contributed by atoms with Gasteiger partial charge in [0.25, 0.3) is 0 Å². The molecule has 0 aliphatic heterocycles. The Kier molecular flexibility index (Phi) is 6.21. The van der Waals surface area contributed by atoms with E-state index in [0.29, 0.717) is 18.3 Å². The highest BCUT2D eigenvalue weighted by molar-refractivity contribution is 9.10. The van der Waals surface area contributed by atoms with Crippen LogP contribution in [0.3, 0.4) is 0 Å². The van der Waals surface area contributed by atoms with Crippen molar-refractivity contribution in [3.8, 4) is 0 Å². The molecule has 0 aromatic carbocycles. The standard InChI is InChI=1S/C11H19BrN4O/c1-3-5-8(17)6-14-10-9(12)7-15-11(16-10)13-4-2/h7-8,17H,3-6H2,1-2H3,(H2,13,14,15,16). The average Bonchev–Trinajstić information content (AvgIpc) is 2.30. The number of rotatable bonds is 7. The lowest BCUT2D eigenvalue weighted by Gasteiger charge is -2.13. The van der Waals surface area contributed by atoms with Gasteiger partial charge in [0.1, 0.15) is 5.82 Å². The Bertz CT molecular complexity index is 348. The highest BCUT2D eigenvalue weighted by atomic mass is 79.9. The number of hydrogen-bond acceptors (Lipinski definition) is 5. The molecule has 1 aromatic heterocycles. The Labute approximate surface area is 110 Å². The molecule has 1 rings (SSSR count). The highest BCUT2D eigenvalue weighted by Gasteiger charge is 2.07. The fourth-order valence-electron chi connectivity index (χ4n) is 1.38. The highest BCUT2D eigenvalue weighted by Crippen LogP contribution is 2.20. The normalized spacial score (nSPS) is 12.2. The average molecular weight is 303 g/mol. The van der Waals surface area contributed by atoms with Gasteiger partial charge in [0.15, 0.2) is 0 Å². The van der Waals surface area contributed by atoms with Crippen LogP contribution in [0, 0.1) is 0 Å².